The van der Waals surface area contributed by atoms with Crippen LogP contribution in [0, 0.1) is 21.0 Å². The standard InChI is InChI=1S/C27H15F3INO/c28-19-7-1-15(2-8-19)18-13-22(16-3-9-20(29)10-4-16)26-23(14-18)27(33)24(31)25(32-26)17-5-11-21(30)12-6-17/h1-14H,(H,32,33). The van der Waals surface area contributed by atoms with Crippen molar-refractivity contribution in [2.24, 2.45) is 0 Å². The molecular weight excluding hydrogens is 538 g/mol. The fourth-order valence-electron chi connectivity index (χ4n) is 3.85. The molecule has 0 radical (unpaired) electrons. The Morgan fingerprint density at radius 1 is 0.606 bits per heavy atom. The summed E-state index contributed by atoms with van der Waals surface area (Å²) < 4.78 is 41.0. The van der Waals surface area contributed by atoms with Crippen LogP contribution in [0.5, 0.6) is 0 Å². The summed E-state index contributed by atoms with van der Waals surface area (Å²) in [5, 5.41) is 0.450. The molecule has 1 N–H and O–H groups in total. The summed E-state index contributed by atoms with van der Waals surface area (Å²) in [6.07, 6.45) is 0. The van der Waals surface area contributed by atoms with Gasteiger partial charge in [-0.2, -0.15) is 0 Å². The highest BCUT2D eigenvalue weighted by molar-refractivity contribution is 14.1. The number of pyridine rings is 1. The van der Waals surface area contributed by atoms with Crippen molar-refractivity contribution in [1.29, 1.82) is 0 Å². The quantitative estimate of drug-likeness (QED) is 0.230. The molecule has 0 aliphatic rings. The second-order valence-corrected chi connectivity index (χ2v) is 8.69. The molecule has 0 fully saturated rings. The predicted molar refractivity (Wildman–Crippen MR) is 133 cm³/mol. The van der Waals surface area contributed by atoms with Gasteiger partial charge in [0.2, 0.25) is 5.43 Å². The molecule has 0 aliphatic carbocycles. The van der Waals surface area contributed by atoms with Crippen molar-refractivity contribution in [3.63, 3.8) is 0 Å². The van der Waals surface area contributed by atoms with Crippen molar-refractivity contribution >= 4 is 33.5 Å². The van der Waals surface area contributed by atoms with Gasteiger partial charge < -0.3 is 4.98 Å². The van der Waals surface area contributed by atoms with Crippen LogP contribution >= 0.6 is 22.6 Å². The van der Waals surface area contributed by atoms with Gasteiger partial charge in [-0.05, 0) is 106 Å². The van der Waals surface area contributed by atoms with E-state index in [1.807, 2.05) is 28.7 Å². The van der Waals surface area contributed by atoms with E-state index >= 15 is 0 Å². The molecule has 0 bridgehead atoms. The van der Waals surface area contributed by atoms with Gasteiger partial charge in [-0.1, -0.05) is 24.3 Å². The third-order valence-electron chi connectivity index (χ3n) is 5.52. The molecule has 33 heavy (non-hydrogen) atoms. The highest BCUT2D eigenvalue weighted by Gasteiger charge is 2.17. The molecule has 0 saturated heterocycles. The zero-order chi connectivity index (χ0) is 23.1. The lowest BCUT2D eigenvalue weighted by molar-refractivity contribution is 0.627. The maximum atomic E-state index is 13.6. The molecule has 1 heterocycles. The summed E-state index contributed by atoms with van der Waals surface area (Å²) in [7, 11) is 0. The molecule has 0 saturated carbocycles. The number of hydrogen-bond donors (Lipinski definition) is 1. The summed E-state index contributed by atoms with van der Waals surface area (Å²) >= 11 is 1.99. The average molecular weight is 553 g/mol. The summed E-state index contributed by atoms with van der Waals surface area (Å²) in [6, 6.07) is 21.6. The molecule has 0 spiro atoms. The molecule has 1 aromatic heterocycles. The van der Waals surface area contributed by atoms with Gasteiger partial charge in [0, 0.05) is 10.9 Å². The van der Waals surface area contributed by atoms with Crippen LogP contribution in [0.4, 0.5) is 13.2 Å². The Morgan fingerprint density at radius 3 is 1.64 bits per heavy atom. The van der Waals surface area contributed by atoms with Crippen LogP contribution in [-0.2, 0) is 0 Å². The van der Waals surface area contributed by atoms with E-state index in [0.717, 1.165) is 11.1 Å². The Balaban J connectivity index is 1.84. The molecule has 6 heteroatoms. The summed E-state index contributed by atoms with van der Waals surface area (Å²) in [4.78, 5) is 16.8. The van der Waals surface area contributed by atoms with Gasteiger partial charge in [0.05, 0.1) is 14.8 Å². The van der Waals surface area contributed by atoms with Gasteiger partial charge in [-0.25, -0.2) is 13.2 Å². The Bertz CT molecular complexity index is 1540. The number of halogens is 4. The SMILES string of the molecule is O=c1c(I)c(-c2ccc(F)cc2)[nH]c2c(-c3ccc(F)cc3)cc(-c3ccc(F)cc3)cc12. The first kappa shape index (κ1) is 21.5. The predicted octanol–water partition coefficient (Wildman–Crippen LogP) is 7.55. The lowest BCUT2D eigenvalue weighted by Gasteiger charge is -2.14. The third-order valence-corrected chi connectivity index (χ3v) is 6.55. The van der Waals surface area contributed by atoms with Crippen LogP contribution in [0.25, 0.3) is 44.4 Å². The molecular formula is C27H15F3INO. The van der Waals surface area contributed by atoms with Crippen LogP contribution in [-0.4, -0.2) is 4.98 Å². The zero-order valence-electron chi connectivity index (χ0n) is 17.0. The van der Waals surface area contributed by atoms with Crippen LogP contribution in [0.3, 0.4) is 0 Å². The number of hydrogen-bond acceptors (Lipinski definition) is 1. The van der Waals surface area contributed by atoms with Crippen LogP contribution < -0.4 is 5.43 Å². The Labute approximate surface area is 200 Å². The summed E-state index contributed by atoms with van der Waals surface area (Å²) in [5.41, 5.74) is 4.54. The van der Waals surface area contributed by atoms with Crippen molar-refractivity contribution in [2.45, 2.75) is 0 Å². The zero-order valence-corrected chi connectivity index (χ0v) is 19.2. The maximum Gasteiger partial charge on any atom is 0.203 e. The minimum atomic E-state index is -0.368. The van der Waals surface area contributed by atoms with Gasteiger partial charge >= 0.3 is 0 Å². The van der Waals surface area contributed by atoms with Crippen LogP contribution in [0.1, 0.15) is 0 Å². The number of rotatable bonds is 3. The lowest BCUT2D eigenvalue weighted by atomic mass is 9.95. The maximum absolute atomic E-state index is 13.6. The van der Waals surface area contributed by atoms with E-state index in [0.29, 0.717) is 36.9 Å². The lowest BCUT2D eigenvalue weighted by Crippen LogP contribution is -2.10. The number of fused-ring (bicyclic) bond motifs is 1. The van der Waals surface area contributed by atoms with Gasteiger partial charge in [0.15, 0.2) is 0 Å². The fourth-order valence-corrected chi connectivity index (χ4v) is 4.59. The summed E-state index contributed by atoms with van der Waals surface area (Å²) in [5.74, 6) is -1.09. The Kier molecular flexibility index (Phi) is 5.54. The first-order valence-corrected chi connectivity index (χ1v) is 11.2. The Hall–Kier alpha value is -3.39. The highest BCUT2D eigenvalue weighted by atomic mass is 127. The first-order valence-electron chi connectivity index (χ1n) is 10.1. The molecule has 5 rings (SSSR count). The monoisotopic (exact) mass is 553 g/mol. The number of aromatic nitrogens is 1. The van der Waals surface area contributed by atoms with Gasteiger partial charge in [-0.3, -0.25) is 4.79 Å². The highest BCUT2D eigenvalue weighted by Crippen LogP contribution is 2.34. The van der Waals surface area contributed by atoms with E-state index in [2.05, 4.69) is 4.98 Å². The van der Waals surface area contributed by atoms with Gasteiger partial charge in [0.1, 0.15) is 17.5 Å². The van der Waals surface area contributed by atoms with E-state index in [4.69, 9.17) is 0 Å². The average Bonchev–Trinajstić information content (AvgIpc) is 2.82. The molecule has 0 atom stereocenters. The molecule has 0 amide bonds. The van der Waals surface area contributed by atoms with Crippen LogP contribution in [0.15, 0.2) is 89.7 Å². The minimum absolute atomic E-state index is 0.184. The second-order valence-electron chi connectivity index (χ2n) is 7.61. The summed E-state index contributed by atoms with van der Waals surface area (Å²) in [6.45, 7) is 0. The van der Waals surface area contributed by atoms with E-state index < -0.39 is 0 Å². The number of aromatic amines is 1. The number of benzene rings is 4. The van der Waals surface area contributed by atoms with Crippen molar-refractivity contribution in [3.8, 4) is 33.5 Å². The molecule has 0 aliphatic heterocycles. The number of H-pyrrole nitrogens is 1. The van der Waals surface area contributed by atoms with Crippen molar-refractivity contribution in [2.75, 3.05) is 0 Å². The molecule has 4 aromatic carbocycles. The smallest absolute Gasteiger partial charge is 0.203 e. The molecule has 0 unspecified atom stereocenters. The second kappa shape index (κ2) is 8.51. The normalized spacial score (nSPS) is 11.2. The van der Waals surface area contributed by atoms with Crippen molar-refractivity contribution in [3.05, 3.63) is 116 Å². The van der Waals surface area contributed by atoms with E-state index in [9.17, 15) is 18.0 Å². The Morgan fingerprint density at radius 2 is 1.09 bits per heavy atom. The molecule has 5 aromatic rings. The molecule has 162 valence electrons. The number of nitrogens with one attached hydrogen (secondary N) is 1. The van der Waals surface area contributed by atoms with Gasteiger partial charge in [-0.15, -0.1) is 0 Å². The van der Waals surface area contributed by atoms with E-state index in [1.54, 1.807) is 42.5 Å². The molecule has 2 nitrogen and oxygen atoms in total. The van der Waals surface area contributed by atoms with Crippen molar-refractivity contribution in [1.82, 2.24) is 4.98 Å². The minimum Gasteiger partial charge on any atom is -0.353 e. The van der Waals surface area contributed by atoms with E-state index in [-0.39, 0.29) is 22.9 Å². The fraction of sp³-hybridized carbons (Fsp3) is 0. The van der Waals surface area contributed by atoms with Crippen molar-refractivity contribution < 1.29 is 13.2 Å². The van der Waals surface area contributed by atoms with Gasteiger partial charge in [0.25, 0.3) is 0 Å². The van der Waals surface area contributed by atoms with E-state index in [1.165, 1.54) is 36.4 Å². The van der Waals surface area contributed by atoms with Crippen LogP contribution in [0.2, 0.25) is 0 Å². The third kappa shape index (κ3) is 4.06. The topological polar surface area (TPSA) is 32.9 Å². The first-order chi connectivity index (χ1) is 15.9. The largest absolute Gasteiger partial charge is 0.353 e.